The quantitative estimate of drug-likeness (QED) is 0.334. The number of halogens is 1. The molecule has 10 nitrogen and oxygen atoms in total. The van der Waals surface area contributed by atoms with E-state index in [1.807, 2.05) is 18.2 Å². The molecule has 1 aromatic heterocycles. The molecule has 2 N–H and O–H groups in total. The van der Waals surface area contributed by atoms with E-state index in [2.05, 4.69) is 47.7 Å². The van der Waals surface area contributed by atoms with Crippen LogP contribution in [-0.2, 0) is 4.57 Å². The Morgan fingerprint density at radius 1 is 0.850 bits per heavy atom. The van der Waals surface area contributed by atoms with Gasteiger partial charge in [-0.05, 0) is 56.5 Å². The molecule has 0 unspecified atom stereocenters. The molecule has 3 aromatic rings. The summed E-state index contributed by atoms with van der Waals surface area (Å²) in [7, 11) is 0.794. The molecule has 0 bridgehead atoms. The summed E-state index contributed by atoms with van der Waals surface area (Å²) >= 11 is 6.43. The minimum Gasteiger partial charge on any atom is -0.495 e. The van der Waals surface area contributed by atoms with Gasteiger partial charge < -0.3 is 29.6 Å². The second-order valence-corrected chi connectivity index (χ2v) is 14.0. The average molecular weight is 586 g/mol. The van der Waals surface area contributed by atoms with Crippen molar-refractivity contribution in [2.75, 3.05) is 82.4 Å². The SMILES string of the molecule is COc1cc(N2CCN(N3CCCC3)CC2)ccc1Nc1ncc(Cl)c(Nc2ccc(P(C)(C)=O)cc2OC)n1. The molecule has 2 aliphatic heterocycles. The molecule has 0 atom stereocenters. The molecular formula is C28H37ClN7O3P. The monoisotopic (exact) mass is 585 g/mol. The molecule has 0 saturated carbocycles. The number of hydrogen-bond acceptors (Lipinski definition) is 10. The highest BCUT2D eigenvalue weighted by atomic mass is 35.5. The Morgan fingerprint density at radius 3 is 2.15 bits per heavy atom. The lowest BCUT2D eigenvalue weighted by Gasteiger charge is -2.40. The van der Waals surface area contributed by atoms with Gasteiger partial charge in [0, 0.05) is 56.3 Å². The van der Waals surface area contributed by atoms with E-state index in [9.17, 15) is 4.57 Å². The van der Waals surface area contributed by atoms with Crippen molar-refractivity contribution >= 4 is 52.9 Å². The molecule has 40 heavy (non-hydrogen) atoms. The molecule has 0 radical (unpaired) electrons. The first kappa shape index (κ1) is 28.5. The normalized spacial score (nSPS) is 16.7. The molecule has 0 amide bonds. The highest BCUT2D eigenvalue weighted by Crippen LogP contribution is 2.39. The summed E-state index contributed by atoms with van der Waals surface area (Å²) in [6.07, 6.45) is 4.13. The van der Waals surface area contributed by atoms with Gasteiger partial charge in [-0.2, -0.15) is 4.98 Å². The largest absolute Gasteiger partial charge is 0.495 e. The molecule has 12 heteroatoms. The molecule has 2 fully saturated rings. The molecule has 214 valence electrons. The van der Waals surface area contributed by atoms with Crippen LogP contribution in [0.2, 0.25) is 5.02 Å². The number of anilines is 5. The molecule has 3 heterocycles. The van der Waals surface area contributed by atoms with Crippen LogP contribution in [0.1, 0.15) is 12.8 Å². The number of hydrazine groups is 1. The van der Waals surface area contributed by atoms with E-state index in [-0.39, 0.29) is 0 Å². The lowest BCUT2D eigenvalue weighted by molar-refractivity contribution is -0.00758. The highest BCUT2D eigenvalue weighted by Gasteiger charge is 2.25. The molecule has 2 saturated heterocycles. The van der Waals surface area contributed by atoms with Crippen molar-refractivity contribution in [3.63, 3.8) is 0 Å². The maximum atomic E-state index is 12.5. The summed E-state index contributed by atoms with van der Waals surface area (Å²) in [6.45, 7) is 9.81. The van der Waals surface area contributed by atoms with Crippen LogP contribution < -0.4 is 30.3 Å². The van der Waals surface area contributed by atoms with Crippen molar-refractivity contribution in [1.82, 2.24) is 20.0 Å². The van der Waals surface area contributed by atoms with Crippen LogP contribution in [0.25, 0.3) is 0 Å². The van der Waals surface area contributed by atoms with Crippen LogP contribution in [-0.4, -0.2) is 86.8 Å². The predicted molar refractivity (Wildman–Crippen MR) is 163 cm³/mol. The van der Waals surface area contributed by atoms with Crippen molar-refractivity contribution in [2.24, 2.45) is 0 Å². The van der Waals surface area contributed by atoms with E-state index in [0.29, 0.717) is 34.0 Å². The maximum Gasteiger partial charge on any atom is 0.229 e. The fourth-order valence-corrected chi connectivity index (χ4v) is 6.08. The number of nitrogens with one attached hydrogen (secondary N) is 2. The smallest absolute Gasteiger partial charge is 0.229 e. The van der Waals surface area contributed by atoms with Crippen LogP contribution in [0.4, 0.5) is 28.8 Å². The van der Waals surface area contributed by atoms with Crippen molar-refractivity contribution in [3.05, 3.63) is 47.6 Å². The van der Waals surface area contributed by atoms with Gasteiger partial charge >= 0.3 is 0 Å². The lowest BCUT2D eigenvalue weighted by atomic mass is 10.2. The Labute approximate surface area is 241 Å². The molecule has 0 spiro atoms. The van der Waals surface area contributed by atoms with E-state index in [1.165, 1.54) is 32.1 Å². The highest BCUT2D eigenvalue weighted by molar-refractivity contribution is 7.70. The Bertz CT molecular complexity index is 1390. The van der Waals surface area contributed by atoms with Gasteiger partial charge in [0.2, 0.25) is 5.95 Å². The van der Waals surface area contributed by atoms with E-state index in [4.69, 9.17) is 21.1 Å². The molecule has 5 rings (SSSR count). The Hall–Kier alpha value is -3.04. The number of benzene rings is 2. The summed E-state index contributed by atoms with van der Waals surface area (Å²) in [6, 6.07) is 11.5. The van der Waals surface area contributed by atoms with Crippen molar-refractivity contribution in [1.29, 1.82) is 0 Å². The van der Waals surface area contributed by atoms with E-state index >= 15 is 0 Å². The number of aromatic nitrogens is 2. The van der Waals surface area contributed by atoms with Crippen LogP contribution >= 0.6 is 18.7 Å². The Kier molecular flexibility index (Phi) is 8.71. The molecule has 2 aliphatic rings. The van der Waals surface area contributed by atoms with Crippen molar-refractivity contribution in [2.45, 2.75) is 12.8 Å². The number of hydrogen-bond donors (Lipinski definition) is 2. The third-order valence-corrected chi connectivity index (χ3v) is 9.14. The van der Waals surface area contributed by atoms with Crippen LogP contribution in [0, 0.1) is 0 Å². The third kappa shape index (κ3) is 6.47. The van der Waals surface area contributed by atoms with Gasteiger partial charge in [-0.3, -0.25) is 0 Å². The zero-order chi connectivity index (χ0) is 28.3. The van der Waals surface area contributed by atoms with Gasteiger partial charge in [0.25, 0.3) is 0 Å². The standard InChI is InChI=1S/C28H37ClN7O3P/c1-38-25-17-20(34-13-15-36(16-14-34)35-11-5-6-12-35)7-9-24(25)32-28-30-19-22(29)27(33-28)31-23-10-8-21(40(3,4)37)18-26(23)39-2/h7-10,17-19H,5-6,11-16H2,1-4H3,(H2,30,31,32,33). The number of nitrogens with zero attached hydrogens (tertiary/aromatic N) is 5. The van der Waals surface area contributed by atoms with Crippen molar-refractivity contribution < 1.29 is 14.0 Å². The molecule has 2 aromatic carbocycles. The number of methoxy groups -OCH3 is 2. The van der Waals surface area contributed by atoms with E-state index in [0.717, 1.165) is 42.9 Å². The van der Waals surface area contributed by atoms with Crippen LogP contribution in [0.5, 0.6) is 11.5 Å². The Balaban J connectivity index is 1.29. The second kappa shape index (κ2) is 12.2. The third-order valence-electron chi connectivity index (χ3n) is 7.34. The first-order valence-corrected chi connectivity index (χ1v) is 16.5. The number of rotatable bonds is 9. The first-order chi connectivity index (χ1) is 19.2. The van der Waals surface area contributed by atoms with Gasteiger partial charge in [0.15, 0.2) is 5.82 Å². The van der Waals surface area contributed by atoms with Gasteiger partial charge in [0.05, 0.1) is 31.8 Å². The predicted octanol–water partition coefficient (Wildman–Crippen LogP) is 5.02. The summed E-state index contributed by atoms with van der Waals surface area (Å²) in [5.74, 6) is 2.02. The zero-order valence-electron chi connectivity index (χ0n) is 23.5. The number of ether oxygens (including phenoxy) is 2. The van der Waals surface area contributed by atoms with Crippen LogP contribution in [0.15, 0.2) is 42.6 Å². The lowest BCUT2D eigenvalue weighted by Crippen LogP contribution is -2.53. The molecule has 0 aliphatic carbocycles. The second-order valence-electron chi connectivity index (χ2n) is 10.4. The summed E-state index contributed by atoms with van der Waals surface area (Å²) in [5.41, 5.74) is 2.53. The maximum absolute atomic E-state index is 12.5. The summed E-state index contributed by atoms with van der Waals surface area (Å²) in [5, 5.41) is 12.6. The minimum atomic E-state index is -2.43. The fraction of sp³-hybridized carbons (Fsp3) is 0.429. The fourth-order valence-electron chi connectivity index (χ4n) is 5.08. The van der Waals surface area contributed by atoms with E-state index in [1.54, 1.807) is 33.6 Å². The molecular weight excluding hydrogens is 549 g/mol. The van der Waals surface area contributed by atoms with Gasteiger partial charge in [-0.1, -0.05) is 11.6 Å². The number of piperazine rings is 1. The van der Waals surface area contributed by atoms with Crippen molar-refractivity contribution in [3.8, 4) is 11.5 Å². The first-order valence-electron chi connectivity index (χ1n) is 13.5. The zero-order valence-corrected chi connectivity index (χ0v) is 25.1. The van der Waals surface area contributed by atoms with Gasteiger partial charge in [-0.15, -0.1) is 0 Å². The van der Waals surface area contributed by atoms with Crippen LogP contribution in [0.3, 0.4) is 0 Å². The Morgan fingerprint density at radius 2 is 1.48 bits per heavy atom. The summed E-state index contributed by atoms with van der Waals surface area (Å²) < 4.78 is 23.8. The average Bonchev–Trinajstić information content (AvgIpc) is 3.50. The van der Waals surface area contributed by atoms with Gasteiger partial charge in [0.1, 0.15) is 23.7 Å². The van der Waals surface area contributed by atoms with E-state index < -0.39 is 7.14 Å². The van der Waals surface area contributed by atoms with Gasteiger partial charge in [-0.25, -0.2) is 15.0 Å². The minimum absolute atomic E-state index is 0.351. The summed E-state index contributed by atoms with van der Waals surface area (Å²) in [4.78, 5) is 11.3. The topological polar surface area (TPSA) is 95.1 Å².